The van der Waals surface area contributed by atoms with Crippen LogP contribution in [0.3, 0.4) is 0 Å². The van der Waals surface area contributed by atoms with Crippen LogP contribution in [0, 0.1) is 11.3 Å². The molecule has 158 valence electrons. The van der Waals surface area contributed by atoms with Crippen LogP contribution in [0.2, 0.25) is 0 Å². The molecule has 1 aliphatic carbocycles. The largest absolute Gasteiger partial charge is 0.456 e. The van der Waals surface area contributed by atoms with Crippen LogP contribution in [0.5, 0.6) is 0 Å². The summed E-state index contributed by atoms with van der Waals surface area (Å²) in [6.07, 6.45) is 2.97. The Balaban J connectivity index is 1.22. The summed E-state index contributed by atoms with van der Waals surface area (Å²) in [6.45, 7) is -0.362. The fourth-order valence-electron chi connectivity index (χ4n) is 3.82. The molecular weight excluding hydrogens is 418 g/mol. The van der Waals surface area contributed by atoms with Gasteiger partial charge in [-0.2, -0.15) is 5.26 Å². The van der Waals surface area contributed by atoms with Gasteiger partial charge in [0.2, 0.25) is 0 Å². The minimum Gasteiger partial charge on any atom is -0.456 e. The number of anilines is 1. The number of carbonyl (C=O) groups is 4. The smallest absolute Gasteiger partial charge is 0.306 e. The second-order valence-corrected chi connectivity index (χ2v) is 8.40. The fraction of sp³-hybridized carbons (Fsp3) is 0.318. The normalized spacial score (nSPS) is 14.2. The Morgan fingerprint density at radius 2 is 1.87 bits per heavy atom. The number of benzene rings is 1. The highest BCUT2D eigenvalue weighted by Crippen LogP contribution is 2.38. The first-order chi connectivity index (χ1) is 15.0. The van der Waals surface area contributed by atoms with Crippen molar-refractivity contribution in [2.24, 2.45) is 0 Å². The van der Waals surface area contributed by atoms with E-state index >= 15 is 0 Å². The second-order valence-electron chi connectivity index (χ2n) is 7.29. The van der Waals surface area contributed by atoms with Gasteiger partial charge in [0.1, 0.15) is 11.1 Å². The number of nitrogens with zero attached hydrogens (tertiary/aromatic N) is 2. The first kappa shape index (κ1) is 20.8. The highest BCUT2D eigenvalue weighted by molar-refractivity contribution is 7.16. The maximum Gasteiger partial charge on any atom is 0.306 e. The van der Waals surface area contributed by atoms with Gasteiger partial charge in [0.05, 0.1) is 16.7 Å². The van der Waals surface area contributed by atoms with Crippen LogP contribution in [0.4, 0.5) is 5.00 Å². The molecule has 0 bridgehead atoms. The standard InChI is InChI=1S/C22H19N3O5S/c23-11-16-13-7-3-8-17(13)31-20(16)24-18(26)12-30-19(27)9-4-10-25-21(28)14-5-1-2-6-15(14)22(25)29/h1-2,5-6H,3-4,7-10,12H2,(H,24,26). The average molecular weight is 437 g/mol. The Morgan fingerprint density at radius 1 is 1.16 bits per heavy atom. The molecule has 1 N–H and O–H groups in total. The van der Waals surface area contributed by atoms with E-state index in [9.17, 15) is 24.4 Å². The molecule has 9 heteroatoms. The molecule has 0 saturated carbocycles. The first-order valence-corrected chi connectivity index (χ1v) is 10.8. The molecule has 1 aromatic heterocycles. The maximum atomic E-state index is 12.3. The van der Waals surface area contributed by atoms with Gasteiger partial charge in [-0.25, -0.2) is 0 Å². The first-order valence-electron chi connectivity index (χ1n) is 9.95. The SMILES string of the molecule is N#Cc1c(NC(=O)COC(=O)CCCN2C(=O)c3ccccc3C2=O)sc2c1CCC2. The van der Waals surface area contributed by atoms with Crippen LogP contribution in [0.1, 0.15) is 56.0 Å². The van der Waals surface area contributed by atoms with Crippen molar-refractivity contribution in [3.63, 3.8) is 0 Å². The van der Waals surface area contributed by atoms with Crippen molar-refractivity contribution in [3.8, 4) is 6.07 Å². The van der Waals surface area contributed by atoms with Crippen LogP contribution in [0.25, 0.3) is 0 Å². The van der Waals surface area contributed by atoms with Crippen LogP contribution < -0.4 is 5.32 Å². The molecule has 0 unspecified atom stereocenters. The molecule has 1 aromatic carbocycles. The Bertz CT molecular complexity index is 1100. The molecule has 0 spiro atoms. The minimum atomic E-state index is -0.596. The Hall–Kier alpha value is -3.51. The quantitative estimate of drug-likeness (QED) is 0.526. The zero-order valence-electron chi connectivity index (χ0n) is 16.6. The maximum absolute atomic E-state index is 12.3. The molecule has 2 heterocycles. The van der Waals surface area contributed by atoms with E-state index in [0.29, 0.717) is 21.7 Å². The van der Waals surface area contributed by atoms with Gasteiger partial charge >= 0.3 is 5.97 Å². The van der Waals surface area contributed by atoms with Gasteiger partial charge in [0.15, 0.2) is 6.61 Å². The van der Waals surface area contributed by atoms with Crippen molar-refractivity contribution in [3.05, 3.63) is 51.4 Å². The number of thiophene rings is 1. The van der Waals surface area contributed by atoms with Crippen LogP contribution >= 0.6 is 11.3 Å². The van der Waals surface area contributed by atoms with Gasteiger partial charge in [-0.15, -0.1) is 11.3 Å². The fourth-order valence-corrected chi connectivity index (χ4v) is 5.07. The van der Waals surface area contributed by atoms with E-state index < -0.39 is 18.5 Å². The topological polar surface area (TPSA) is 117 Å². The van der Waals surface area contributed by atoms with Crippen molar-refractivity contribution in [2.45, 2.75) is 32.1 Å². The van der Waals surface area contributed by atoms with Gasteiger partial charge in [-0.3, -0.25) is 24.1 Å². The zero-order chi connectivity index (χ0) is 22.0. The summed E-state index contributed by atoms with van der Waals surface area (Å²) >= 11 is 1.39. The predicted octanol–water partition coefficient (Wildman–Crippen LogP) is 2.67. The summed E-state index contributed by atoms with van der Waals surface area (Å²) in [5.74, 6) is -1.85. The molecule has 2 aliphatic rings. The summed E-state index contributed by atoms with van der Waals surface area (Å²) < 4.78 is 4.99. The van der Waals surface area contributed by atoms with E-state index in [2.05, 4.69) is 11.4 Å². The molecule has 8 nitrogen and oxygen atoms in total. The number of imide groups is 1. The summed E-state index contributed by atoms with van der Waals surface area (Å²) in [5.41, 5.74) is 2.23. The number of hydrogen-bond donors (Lipinski definition) is 1. The summed E-state index contributed by atoms with van der Waals surface area (Å²) in [5, 5.41) is 12.5. The lowest BCUT2D eigenvalue weighted by molar-refractivity contribution is -0.147. The molecule has 0 fully saturated rings. The van der Waals surface area contributed by atoms with E-state index in [1.54, 1.807) is 24.3 Å². The lowest BCUT2D eigenvalue weighted by Gasteiger charge is -2.13. The van der Waals surface area contributed by atoms with Gasteiger partial charge < -0.3 is 10.1 Å². The molecular formula is C22H19N3O5S. The predicted molar refractivity (Wildman–Crippen MR) is 112 cm³/mol. The molecule has 2 aromatic rings. The van der Waals surface area contributed by atoms with E-state index in [1.165, 1.54) is 11.3 Å². The average Bonchev–Trinajstić information content (AvgIpc) is 3.41. The third kappa shape index (κ3) is 4.07. The van der Waals surface area contributed by atoms with Gasteiger partial charge in [-0.05, 0) is 43.4 Å². The zero-order valence-corrected chi connectivity index (χ0v) is 17.4. The van der Waals surface area contributed by atoms with Crippen LogP contribution in [0.15, 0.2) is 24.3 Å². The molecule has 0 radical (unpaired) electrons. The minimum absolute atomic E-state index is 0.0303. The number of nitriles is 1. The Kier molecular flexibility index (Phi) is 5.82. The van der Waals surface area contributed by atoms with Crippen molar-refractivity contribution in [2.75, 3.05) is 18.5 Å². The number of esters is 1. The number of fused-ring (bicyclic) bond motifs is 2. The van der Waals surface area contributed by atoms with Crippen LogP contribution in [-0.4, -0.2) is 41.7 Å². The van der Waals surface area contributed by atoms with Crippen molar-refractivity contribution in [1.29, 1.82) is 5.26 Å². The second kappa shape index (κ2) is 8.70. The number of amides is 3. The van der Waals surface area contributed by atoms with E-state index in [4.69, 9.17) is 4.74 Å². The molecule has 0 atom stereocenters. The number of nitrogens with one attached hydrogen (secondary N) is 1. The molecule has 3 amide bonds. The lowest BCUT2D eigenvalue weighted by Crippen LogP contribution is -2.31. The highest BCUT2D eigenvalue weighted by Gasteiger charge is 2.34. The van der Waals surface area contributed by atoms with Crippen molar-refractivity contribution in [1.82, 2.24) is 4.90 Å². The Morgan fingerprint density at radius 3 is 2.55 bits per heavy atom. The van der Waals surface area contributed by atoms with Crippen LogP contribution in [-0.2, 0) is 27.2 Å². The molecule has 31 heavy (non-hydrogen) atoms. The van der Waals surface area contributed by atoms with E-state index in [1.807, 2.05) is 0 Å². The number of hydrogen-bond acceptors (Lipinski definition) is 7. The third-order valence-corrected chi connectivity index (χ3v) is 6.50. The van der Waals surface area contributed by atoms with Gasteiger partial charge in [0.25, 0.3) is 17.7 Å². The van der Waals surface area contributed by atoms with Crippen molar-refractivity contribution >= 4 is 40.0 Å². The van der Waals surface area contributed by atoms with Gasteiger partial charge in [-0.1, -0.05) is 12.1 Å². The summed E-state index contributed by atoms with van der Waals surface area (Å²) in [7, 11) is 0. The van der Waals surface area contributed by atoms with E-state index in [0.717, 1.165) is 34.6 Å². The molecule has 0 saturated heterocycles. The number of aryl methyl sites for hydroxylation is 1. The summed E-state index contributed by atoms with van der Waals surface area (Å²) in [6, 6.07) is 8.73. The number of carbonyl (C=O) groups excluding carboxylic acids is 4. The Labute approximate surface area is 182 Å². The lowest BCUT2D eigenvalue weighted by atomic mass is 10.1. The highest BCUT2D eigenvalue weighted by atomic mass is 32.1. The molecule has 1 aliphatic heterocycles. The van der Waals surface area contributed by atoms with Gasteiger partial charge in [0, 0.05) is 17.8 Å². The monoisotopic (exact) mass is 437 g/mol. The number of ether oxygens (including phenoxy) is 1. The van der Waals surface area contributed by atoms with Crippen molar-refractivity contribution < 1.29 is 23.9 Å². The molecule has 4 rings (SSSR count). The number of rotatable bonds is 7. The summed E-state index contributed by atoms with van der Waals surface area (Å²) in [4.78, 5) is 50.9. The third-order valence-electron chi connectivity index (χ3n) is 5.29. The van der Waals surface area contributed by atoms with E-state index in [-0.39, 0.29) is 31.2 Å².